The lowest BCUT2D eigenvalue weighted by atomic mass is 9.84. The van der Waals surface area contributed by atoms with E-state index >= 15 is 8.78 Å². The third kappa shape index (κ3) is 3.37. The van der Waals surface area contributed by atoms with Gasteiger partial charge in [-0.1, -0.05) is 17.7 Å². The van der Waals surface area contributed by atoms with Crippen molar-refractivity contribution in [2.75, 3.05) is 0 Å². The number of hydrogen-bond acceptors (Lipinski definition) is 5. The monoisotopic (exact) mass is 437 g/mol. The van der Waals surface area contributed by atoms with E-state index in [0.717, 1.165) is 29.2 Å². The lowest BCUT2D eigenvalue weighted by molar-refractivity contribution is -0.207. The maximum absolute atomic E-state index is 15.7. The first kappa shape index (κ1) is 20.2. The number of aromatic nitrogens is 5. The zero-order valence-electron chi connectivity index (χ0n) is 15.0. The number of alkyl halides is 2. The molecule has 11 heteroatoms. The molecule has 1 atom stereocenters. The van der Waals surface area contributed by atoms with Crippen LogP contribution in [0.15, 0.2) is 54.9 Å². The predicted octanol–water partition coefficient (Wildman–Crippen LogP) is 3.83. The van der Waals surface area contributed by atoms with E-state index in [1.807, 2.05) is 0 Å². The van der Waals surface area contributed by atoms with Crippen LogP contribution in [0.3, 0.4) is 0 Å². The molecule has 4 rings (SSSR count). The van der Waals surface area contributed by atoms with Crippen LogP contribution >= 0.6 is 11.6 Å². The van der Waals surface area contributed by atoms with Crippen LogP contribution in [0.25, 0.3) is 10.9 Å². The van der Waals surface area contributed by atoms with E-state index in [2.05, 4.69) is 20.5 Å². The van der Waals surface area contributed by atoms with Crippen molar-refractivity contribution in [2.24, 2.45) is 0 Å². The summed E-state index contributed by atoms with van der Waals surface area (Å²) in [7, 11) is 0. The molecule has 4 aromatic rings. The van der Waals surface area contributed by atoms with Gasteiger partial charge in [0.05, 0.1) is 12.1 Å². The van der Waals surface area contributed by atoms with E-state index in [0.29, 0.717) is 16.5 Å². The number of aliphatic hydroxyl groups is 1. The van der Waals surface area contributed by atoms with Crippen LogP contribution in [-0.2, 0) is 18.1 Å². The van der Waals surface area contributed by atoms with Gasteiger partial charge in [-0.15, -0.1) is 5.10 Å². The molecule has 0 saturated heterocycles. The number of benzene rings is 2. The van der Waals surface area contributed by atoms with Crippen LogP contribution in [0.1, 0.15) is 11.3 Å². The van der Waals surface area contributed by atoms with Gasteiger partial charge in [0.15, 0.2) is 5.60 Å². The van der Waals surface area contributed by atoms with Crippen LogP contribution in [0.2, 0.25) is 5.02 Å². The Balaban J connectivity index is 1.89. The standard InChI is InChI=1S/C19H12ClF4N5O/c20-12-2-5-16-11(7-12)1-6-17(26-16)19(23,24)18(30,9-29-10-25-27-28-29)14-4-3-13(21)8-15(14)22/h1-8,10,30H,9H2. The molecule has 2 aromatic carbocycles. The van der Waals surface area contributed by atoms with Crippen LogP contribution in [-0.4, -0.2) is 30.3 Å². The Hall–Kier alpha value is -3.11. The van der Waals surface area contributed by atoms with E-state index in [9.17, 15) is 13.9 Å². The SMILES string of the molecule is OC(Cn1cnnn1)(c1ccc(F)cc1F)C(F)(F)c1ccc2cc(Cl)ccc2n1. The molecule has 2 heterocycles. The molecule has 0 spiro atoms. The van der Waals surface area contributed by atoms with Gasteiger partial charge < -0.3 is 5.11 Å². The van der Waals surface area contributed by atoms with Gasteiger partial charge in [-0.25, -0.2) is 18.4 Å². The number of pyridine rings is 1. The number of rotatable bonds is 5. The average molecular weight is 438 g/mol. The third-order valence-corrected chi connectivity index (χ3v) is 4.89. The lowest BCUT2D eigenvalue weighted by Crippen LogP contribution is -2.48. The number of nitrogens with zero attached hydrogens (tertiary/aromatic N) is 5. The first-order valence-electron chi connectivity index (χ1n) is 8.54. The fourth-order valence-corrected chi connectivity index (χ4v) is 3.33. The van der Waals surface area contributed by atoms with Crippen LogP contribution in [0, 0.1) is 11.6 Å². The van der Waals surface area contributed by atoms with E-state index in [4.69, 9.17) is 11.6 Å². The Morgan fingerprint density at radius 2 is 1.83 bits per heavy atom. The summed E-state index contributed by atoms with van der Waals surface area (Å²) < 4.78 is 60.1. The van der Waals surface area contributed by atoms with Gasteiger partial charge in [-0.2, -0.15) is 8.78 Å². The zero-order valence-corrected chi connectivity index (χ0v) is 15.7. The highest BCUT2D eigenvalue weighted by molar-refractivity contribution is 6.31. The molecule has 2 aromatic heterocycles. The molecule has 0 aliphatic heterocycles. The molecule has 0 aliphatic rings. The molecule has 1 N–H and O–H groups in total. The molecule has 0 radical (unpaired) electrons. The number of hydrogen-bond donors (Lipinski definition) is 1. The largest absolute Gasteiger partial charge is 0.377 e. The molecule has 0 saturated carbocycles. The zero-order chi connectivity index (χ0) is 21.5. The molecule has 0 bridgehead atoms. The molecule has 0 aliphatic carbocycles. The lowest BCUT2D eigenvalue weighted by Gasteiger charge is -2.35. The molecule has 6 nitrogen and oxygen atoms in total. The summed E-state index contributed by atoms with van der Waals surface area (Å²) in [6.07, 6.45) is 0.984. The van der Waals surface area contributed by atoms with Gasteiger partial charge in [-0.05, 0) is 46.8 Å². The summed E-state index contributed by atoms with van der Waals surface area (Å²) in [5.41, 5.74) is -4.65. The van der Waals surface area contributed by atoms with E-state index in [-0.39, 0.29) is 5.52 Å². The third-order valence-electron chi connectivity index (χ3n) is 4.65. The number of fused-ring (bicyclic) bond motifs is 1. The highest BCUT2D eigenvalue weighted by Crippen LogP contribution is 2.47. The first-order valence-corrected chi connectivity index (χ1v) is 8.92. The van der Waals surface area contributed by atoms with Gasteiger partial charge in [0.25, 0.3) is 0 Å². The van der Waals surface area contributed by atoms with Gasteiger partial charge in [-0.3, -0.25) is 0 Å². The number of halogens is 5. The minimum absolute atomic E-state index is 0.195. The summed E-state index contributed by atoms with van der Waals surface area (Å²) in [6, 6.07) is 8.76. The molecular formula is C19H12ClF4N5O. The van der Waals surface area contributed by atoms with Gasteiger partial charge in [0.1, 0.15) is 23.7 Å². The second-order valence-electron chi connectivity index (χ2n) is 6.60. The summed E-state index contributed by atoms with van der Waals surface area (Å²) in [5.74, 6) is -6.45. The summed E-state index contributed by atoms with van der Waals surface area (Å²) in [5, 5.41) is 22.2. The Morgan fingerprint density at radius 1 is 1.03 bits per heavy atom. The van der Waals surface area contributed by atoms with E-state index < -0.39 is 41.0 Å². The fourth-order valence-electron chi connectivity index (χ4n) is 3.15. The molecule has 154 valence electrons. The molecule has 0 fully saturated rings. The van der Waals surface area contributed by atoms with E-state index in [1.54, 1.807) is 6.07 Å². The maximum Gasteiger partial charge on any atom is 0.323 e. The minimum atomic E-state index is -4.12. The molecule has 30 heavy (non-hydrogen) atoms. The topological polar surface area (TPSA) is 76.7 Å². The molecule has 1 unspecified atom stereocenters. The second-order valence-corrected chi connectivity index (χ2v) is 7.04. The van der Waals surface area contributed by atoms with Crippen molar-refractivity contribution in [2.45, 2.75) is 18.1 Å². The van der Waals surface area contributed by atoms with Crippen molar-refractivity contribution in [1.29, 1.82) is 0 Å². The quantitative estimate of drug-likeness (QED) is 0.480. The highest BCUT2D eigenvalue weighted by Gasteiger charge is 2.58. The fraction of sp³-hybridized carbons (Fsp3) is 0.158. The Morgan fingerprint density at radius 3 is 2.53 bits per heavy atom. The van der Waals surface area contributed by atoms with Crippen molar-refractivity contribution in [3.8, 4) is 0 Å². The Labute approximate surface area is 171 Å². The highest BCUT2D eigenvalue weighted by atomic mass is 35.5. The van der Waals surface area contributed by atoms with Crippen LogP contribution in [0.5, 0.6) is 0 Å². The maximum atomic E-state index is 15.7. The number of tetrazole rings is 1. The van der Waals surface area contributed by atoms with Crippen molar-refractivity contribution in [3.05, 3.63) is 82.8 Å². The summed E-state index contributed by atoms with van der Waals surface area (Å²) in [6.45, 7) is -0.921. The van der Waals surface area contributed by atoms with Crippen molar-refractivity contribution in [1.82, 2.24) is 25.2 Å². The first-order chi connectivity index (χ1) is 14.2. The van der Waals surface area contributed by atoms with Crippen LogP contribution < -0.4 is 0 Å². The smallest absolute Gasteiger partial charge is 0.323 e. The molecule has 0 amide bonds. The van der Waals surface area contributed by atoms with Crippen molar-refractivity contribution >= 4 is 22.5 Å². The van der Waals surface area contributed by atoms with Crippen molar-refractivity contribution < 1.29 is 22.7 Å². The van der Waals surface area contributed by atoms with Gasteiger partial charge in [0, 0.05) is 22.0 Å². The van der Waals surface area contributed by atoms with Crippen LogP contribution in [0.4, 0.5) is 17.6 Å². The average Bonchev–Trinajstić information content (AvgIpc) is 3.20. The summed E-state index contributed by atoms with van der Waals surface area (Å²) in [4.78, 5) is 3.93. The predicted molar refractivity (Wildman–Crippen MR) is 98.7 cm³/mol. The van der Waals surface area contributed by atoms with Gasteiger partial charge in [0.2, 0.25) is 0 Å². The Bertz CT molecular complexity index is 1220. The van der Waals surface area contributed by atoms with Gasteiger partial charge >= 0.3 is 5.92 Å². The van der Waals surface area contributed by atoms with E-state index in [1.165, 1.54) is 18.2 Å². The van der Waals surface area contributed by atoms with Crippen molar-refractivity contribution in [3.63, 3.8) is 0 Å². The Kier molecular flexibility index (Phi) is 4.91. The minimum Gasteiger partial charge on any atom is -0.377 e. The molecular weight excluding hydrogens is 426 g/mol. The summed E-state index contributed by atoms with van der Waals surface area (Å²) >= 11 is 5.90. The second kappa shape index (κ2) is 7.29. The normalized spacial score (nSPS) is 14.1.